The third-order valence-electron chi connectivity index (χ3n) is 7.12. The van der Waals surface area contributed by atoms with E-state index in [0.29, 0.717) is 35.6 Å². The van der Waals surface area contributed by atoms with Gasteiger partial charge in [0.2, 0.25) is 0 Å². The van der Waals surface area contributed by atoms with Crippen LogP contribution < -0.4 is 10.5 Å². The lowest BCUT2D eigenvalue weighted by Crippen LogP contribution is -2.41. The summed E-state index contributed by atoms with van der Waals surface area (Å²) in [6, 6.07) is 5.81. The minimum absolute atomic E-state index is 0.143. The van der Waals surface area contributed by atoms with Crippen LogP contribution >= 0.6 is 0 Å². The predicted molar refractivity (Wildman–Crippen MR) is 135 cm³/mol. The van der Waals surface area contributed by atoms with Crippen molar-refractivity contribution in [2.75, 3.05) is 19.4 Å². The zero-order valence-electron chi connectivity index (χ0n) is 21.3. The normalized spacial score (nSPS) is 15.5. The standard InChI is InChI=1S/C26H31N7O2/c1-13-8-9-20(35-7)15(3)23(13)33-24(27)21(22-25(33)29-17(5)16(4)28-22)26(34)31-10-11-32-19(18(31)6)12-14(2)30-32/h8-9,12,18H,10-11,27H2,1-7H3. The van der Waals surface area contributed by atoms with Crippen LogP contribution in [-0.2, 0) is 6.54 Å². The van der Waals surface area contributed by atoms with Gasteiger partial charge in [-0.25, -0.2) is 9.97 Å². The van der Waals surface area contributed by atoms with Crippen LogP contribution in [0.25, 0.3) is 16.9 Å². The summed E-state index contributed by atoms with van der Waals surface area (Å²) < 4.78 is 9.42. The third kappa shape index (κ3) is 3.37. The first kappa shape index (κ1) is 22.9. The lowest BCUT2D eigenvalue weighted by Gasteiger charge is -2.34. The lowest BCUT2D eigenvalue weighted by molar-refractivity contribution is 0.0639. The van der Waals surface area contributed by atoms with Crippen LogP contribution in [0.3, 0.4) is 0 Å². The van der Waals surface area contributed by atoms with Crippen molar-refractivity contribution in [2.24, 2.45) is 0 Å². The summed E-state index contributed by atoms with van der Waals surface area (Å²) in [7, 11) is 1.64. The Morgan fingerprint density at radius 3 is 2.51 bits per heavy atom. The fourth-order valence-corrected chi connectivity index (χ4v) is 5.14. The second-order valence-electron chi connectivity index (χ2n) is 9.33. The van der Waals surface area contributed by atoms with Crippen molar-refractivity contribution in [3.05, 3.63) is 57.7 Å². The number of benzene rings is 1. The first-order valence-corrected chi connectivity index (χ1v) is 11.8. The maximum Gasteiger partial charge on any atom is 0.260 e. The number of amides is 1. The molecule has 0 spiro atoms. The Morgan fingerprint density at radius 1 is 1.09 bits per heavy atom. The Balaban J connectivity index is 1.75. The van der Waals surface area contributed by atoms with Crippen LogP contribution in [0.1, 0.15) is 57.2 Å². The van der Waals surface area contributed by atoms with Gasteiger partial charge in [-0.3, -0.25) is 14.0 Å². The number of nitrogen functional groups attached to an aromatic ring is 1. The van der Waals surface area contributed by atoms with Crippen molar-refractivity contribution >= 4 is 22.9 Å². The monoisotopic (exact) mass is 473 g/mol. The summed E-state index contributed by atoms with van der Waals surface area (Å²) in [5, 5.41) is 4.55. The van der Waals surface area contributed by atoms with Gasteiger partial charge in [-0.2, -0.15) is 5.10 Å². The number of hydrogen-bond acceptors (Lipinski definition) is 6. The van der Waals surface area contributed by atoms with E-state index in [9.17, 15) is 4.79 Å². The SMILES string of the molecule is COc1ccc(C)c(-n2c(N)c(C(=O)N3CCn4nc(C)cc4C3C)c3nc(C)c(C)nc32)c1C. The van der Waals surface area contributed by atoms with E-state index in [1.807, 2.05) is 73.9 Å². The van der Waals surface area contributed by atoms with E-state index in [4.69, 9.17) is 20.4 Å². The molecule has 4 aromatic rings. The molecule has 1 aliphatic rings. The van der Waals surface area contributed by atoms with Crippen molar-refractivity contribution in [1.29, 1.82) is 0 Å². The summed E-state index contributed by atoms with van der Waals surface area (Å²) >= 11 is 0. The minimum Gasteiger partial charge on any atom is -0.496 e. The summed E-state index contributed by atoms with van der Waals surface area (Å²) in [6.07, 6.45) is 0. The van der Waals surface area contributed by atoms with Crippen molar-refractivity contribution in [1.82, 2.24) is 29.2 Å². The van der Waals surface area contributed by atoms with Gasteiger partial charge in [-0.15, -0.1) is 0 Å². The molecule has 3 aromatic heterocycles. The van der Waals surface area contributed by atoms with Crippen LogP contribution in [0, 0.1) is 34.6 Å². The molecule has 0 radical (unpaired) electrons. The zero-order chi connectivity index (χ0) is 25.2. The molecule has 35 heavy (non-hydrogen) atoms. The van der Waals surface area contributed by atoms with Crippen LogP contribution in [-0.4, -0.2) is 48.8 Å². The van der Waals surface area contributed by atoms with E-state index in [1.54, 1.807) is 7.11 Å². The molecule has 1 unspecified atom stereocenters. The van der Waals surface area contributed by atoms with Gasteiger partial charge in [-0.1, -0.05) is 6.07 Å². The highest BCUT2D eigenvalue weighted by atomic mass is 16.5. The molecule has 0 fully saturated rings. The molecule has 4 heterocycles. The summed E-state index contributed by atoms with van der Waals surface area (Å²) in [4.78, 5) is 25.6. The number of nitrogens with zero attached hydrogens (tertiary/aromatic N) is 6. The Morgan fingerprint density at radius 2 is 1.80 bits per heavy atom. The number of ether oxygens (including phenoxy) is 1. The second-order valence-corrected chi connectivity index (χ2v) is 9.33. The molecule has 182 valence electrons. The van der Waals surface area contributed by atoms with Crippen molar-refractivity contribution in [3.63, 3.8) is 0 Å². The molecule has 1 aliphatic heterocycles. The number of carbonyl (C=O) groups is 1. The van der Waals surface area contributed by atoms with Gasteiger partial charge in [0, 0.05) is 12.1 Å². The van der Waals surface area contributed by atoms with E-state index in [0.717, 1.165) is 45.3 Å². The van der Waals surface area contributed by atoms with Gasteiger partial charge in [0.05, 0.1) is 48.2 Å². The molecule has 0 bridgehead atoms. The predicted octanol–water partition coefficient (Wildman–Crippen LogP) is 3.97. The molecule has 1 amide bonds. The number of hydrogen-bond donors (Lipinski definition) is 1. The van der Waals surface area contributed by atoms with Crippen LogP contribution in [0.2, 0.25) is 0 Å². The van der Waals surface area contributed by atoms with Gasteiger partial charge in [0.1, 0.15) is 22.6 Å². The lowest BCUT2D eigenvalue weighted by atomic mass is 10.1. The molecular weight excluding hydrogens is 442 g/mol. The highest BCUT2D eigenvalue weighted by molar-refractivity contribution is 6.10. The fourth-order valence-electron chi connectivity index (χ4n) is 5.14. The number of aryl methyl sites for hydroxylation is 4. The first-order valence-electron chi connectivity index (χ1n) is 11.8. The maximum atomic E-state index is 14.1. The molecule has 9 heteroatoms. The van der Waals surface area contributed by atoms with Gasteiger partial charge in [-0.05, 0) is 59.2 Å². The Kier molecular flexibility index (Phi) is 5.30. The highest BCUT2D eigenvalue weighted by Gasteiger charge is 2.34. The molecule has 0 saturated carbocycles. The molecular formula is C26H31N7O2. The van der Waals surface area contributed by atoms with E-state index in [1.165, 1.54) is 0 Å². The second kappa shape index (κ2) is 8.11. The average Bonchev–Trinajstić information content (AvgIpc) is 3.32. The van der Waals surface area contributed by atoms with Crippen LogP contribution in [0.15, 0.2) is 18.2 Å². The number of methoxy groups -OCH3 is 1. The molecule has 2 N–H and O–H groups in total. The Bertz CT molecular complexity index is 1500. The summed E-state index contributed by atoms with van der Waals surface area (Å²) in [5.74, 6) is 0.918. The topological polar surface area (TPSA) is 104 Å². The number of rotatable bonds is 3. The van der Waals surface area contributed by atoms with E-state index < -0.39 is 0 Å². The smallest absolute Gasteiger partial charge is 0.260 e. The number of nitrogens with two attached hydrogens (primary N) is 1. The number of carbonyl (C=O) groups excluding carboxylic acids is 1. The maximum absolute atomic E-state index is 14.1. The van der Waals surface area contributed by atoms with E-state index in [2.05, 4.69) is 5.10 Å². The molecule has 9 nitrogen and oxygen atoms in total. The van der Waals surface area contributed by atoms with Gasteiger partial charge >= 0.3 is 0 Å². The molecule has 0 aliphatic carbocycles. The van der Waals surface area contributed by atoms with Crippen molar-refractivity contribution < 1.29 is 9.53 Å². The van der Waals surface area contributed by atoms with Crippen molar-refractivity contribution in [2.45, 2.75) is 54.1 Å². The van der Waals surface area contributed by atoms with Crippen molar-refractivity contribution in [3.8, 4) is 11.4 Å². The molecule has 5 rings (SSSR count). The van der Waals surface area contributed by atoms with E-state index >= 15 is 0 Å². The van der Waals surface area contributed by atoms with E-state index in [-0.39, 0.29) is 11.9 Å². The average molecular weight is 474 g/mol. The Labute approximate surface area is 204 Å². The molecule has 0 saturated heterocycles. The fraction of sp³-hybridized carbons (Fsp3) is 0.385. The summed E-state index contributed by atoms with van der Waals surface area (Å²) in [5.41, 5.74) is 14.6. The van der Waals surface area contributed by atoms with Gasteiger partial charge in [0.25, 0.3) is 5.91 Å². The molecule has 1 aromatic carbocycles. The minimum atomic E-state index is -0.153. The van der Waals surface area contributed by atoms with Gasteiger partial charge in [0.15, 0.2) is 5.65 Å². The number of anilines is 1. The highest BCUT2D eigenvalue weighted by Crippen LogP contribution is 2.37. The number of fused-ring (bicyclic) bond motifs is 2. The quantitative estimate of drug-likeness (QED) is 0.483. The largest absolute Gasteiger partial charge is 0.496 e. The molecule has 1 atom stereocenters. The Hall–Kier alpha value is -3.88. The van der Waals surface area contributed by atoms with Gasteiger partial charge < -0.3 is 15.4 Å². The third-order valence-corrected chi connectivity index (χ3v) is 7.12. The first-order chi connectivity index (χ1) is 16.6. The van der Waals surface area contributed by atoms with Crippen LogP contribution in [0.5, 0.6) is 5.75 Å². The van der Waals surface area contributed by atoms with Crippen LogP contribution in [0.4, 0.5) is 5.82 Å². The number of aromatic nitrogens is 5. The summed E-state index contributed by atoms with van der Waals surface area (Å²) in [6.45, 7) is 13.0. The zero-order valence-corrected chi connectivity index (χ0v) is 21.3.